The quantitative estimate of drug-likeness (QED) is 0.795. The number of carbonyl (C=O) groups is 1. The Hall–Kier alpha value is -1.30. The van der Waals surface area contributed by atoms with Crippen molar-refractivity contribution in [3.05, 3.63) is 64.1 Å². The number of halogens is 1. The second-order valence-electron chi connectivity index (χ2n) is 4.51. The highest BCUT2D eigenvalue weighted by molar-refractivity contribution is 9.10. The van der Waals surface area contributed by atoms with Gasteiger partial charge in [0.2, 0.25) is 0 Å². The van der Waals surface area contributed by atoms with E-state index in [1.165, 1.54) is 0 Å². The van der Waals surface area contributed by atoms with Crippen LogP contribution in [0, 0.1) is 0 Å². The van der Waals surface area contributed by atoms with E-state index in [2.05, 4.69) is 21.2 Å². The Morgan fingerprint density at radius 1 is 1.29 bits per heavy atom. The number of carbonyl (C=O) groups excluding carboxylic acids is 1. The number of thioether (sulfide) groups is 1. The molecule has 2 aromatic rings. The van der Waals surface area contributed by atoms with Crippen LogP contribution in [-0.2, 0) is 0 Å². The van der Waals surface area contributed by atoms with Crippen molar-refractivity contribution in [1.29, 1.82) is 0 Å². The Bertz CT molecular complexity index is 616. The van der Waals surface area contributed by atoms with Crippen LogP contribution in [0.15, 0.2) is 57.9 Å². The van der Waals surface area contributed by atoms with Crippen molar-refractivity contribution in [2.75, 3.05) is 12.8 Å². The van der Waals surface area contributed by atoms with Gasteiger partial charge in [0.1, 0.15) is 0 Å². The monoisotopic (exact) mass is 365 g/mol. The van der Waals surface area contributed by atoms with Crippen LogP contribution >= 0.6 is 27.7 Å². The molecule has 2 rings (SSSR count). The molecule has 0 aliphatic carbocycles. The molecule has 0 aliphatic heterocycles. The van der Waals surface area contributed by atoms with Gasteiger partial charge < -0.3 is 10.4 Å². The van der Waals surface area contributed by atoms with Crippen LogP contribution in [0.1, 0.15) is 22.0 Å². The standard InChI is InChI=1S/C16H16BrNO2S/c1-21-14-7-5-11(6-8-14)15(19)10-18-16(20)12-3-2-4-13(17)9-12/h2-9,15,19H,10H2,1H3,(H,18,20). The molecule has 0 radical (unpaired) electrons. The molecule has 0 fully saturated rings. The fourth-order valence-corrected chi connectivity index (χ4v) is 2.67. The van der Waals surface area contributed by atoms with E-state index in [1.54, 1.807) is 30.0 Å². The van der Waals surface area contributed by atoms with E-state index >= 15 is 0 Å². The van der Waals surface area contributed by atoms with Crippen molar-refractivity contribution in [2.45, 2.75) is 11.0 Å². The smallest absolute Gasteiger partial charge is 0.251 e. The van der Waals surface area contributed by atoms with Crippen LogP contribution in [0.4, 0.5) is 0 Å². The molecule has 0 spiro atoms. The third-order valence-corrected chi connectivity index (χ3v) is 4.28. The molecule has 2 N–H and O–H groups in total. The molecular weight excluding hydrogens is 350 g/mol. The summed E-state index contributed by atoms with van der Waals surface area (Å²) in [6, 6.07) is 14.8. The summed E-state index contributed by atoms with van der Waals surface area (Å²) in [6.07, 6.45) is 1.29. The first kappa shape index (κ1) is 16.1. The predicted molar refractivity (Wildman–Crippen MR) is 89.7 cm³/mol. The average molecular weight is 366 g/mol. The molecule has 1 amide bonds. The molecule has 0 aromatic heterocycles. The number of hydrogen-bond acceptors (Lipinski definition) is 3. The Kier molecular flexibility index (Phi) is 5.85. The summed E-state index contributed by atoms with van der Waals surface area (Å²) < 4.78 is 0.850. The summed E-state index contributed by atoms with van der Waals surface area (Å²) in [5, 5.41) is 12.8. The van der Waals surface area contributed by atoms with Crippen molar-refractivity contribution < 1.29 is 9.90 Å². The SMILES string of the molecule is CSc1ccc(C(O)CNC(=O)c2cccc(Br)c2)cc1. The second-order valence-corrected chi connectivity index (χ2v) is 6.30. The average Bonchev–Trinajstić information content (AvgIpc) is 2.52. The molecule has 5 heteroatoms. The summed E-state index contributed by atoms with van der Waals surface area (Å²) in [5.41, 5.74) is 1.36. The fraction of sp³-hybridized carbons (Fsp3) is 0.188. The van der Waals surface area contributed by atoms with E-state index in [0.717, 1.165) is 14.9 Å². The minimum atomic E-state index is -0.711. The maximum Gasteiger partial charge on any atom is 0.251 e. The summed E-state index contributed by atoms with van der Waals surface area (Å²) in [4.78, 5) is 13.1. The molecule has 1 atom stereocenters. The Morgan fingerprint density at radius 2 is 2.00 bits per heavy atom. The van der Waals surface area contributed by atoms with E-state index in [-0.39, 0.29) is 12.5 Å². The molecule has 3 nitrogen and oxygen atoms in total. The number of aliphatic hydroxyl groups excluding tert-OH is 1. The topological polar surface area (TPSA) is 49.3 Å². The predicted octanol–water partition coefficient (Wildman–Crippen LogP) is 3.63. The molecule has 0 saturated heterocycles. The largest absolute Gasteiger partial charge is 0.387 e. The van der Waals surface area contributed by atoms with Gasteiger partial charge in [0.25, 0.3) is 5.91 Å². The van der Waals surface area contributed by atoms with Gasteiger partial charge in [-0.15, -0.1) is 11.8 Å². The molecule has 2 aromatic carbocycles. The number of nitrogens with one attached hydrogen (secondary N) is 1. The van der Waals surface area contributed by atoms with Crippen LogP contribution in [0.2, 0.25) is 0 Å². The van der Waals surface area contributed by atoms with Crippen molar-refractivity contribution >= 4 is 33.6 Å². The number of rotatable bonds is 5. The molecular formula is C16H16BrNO2S. The van der Waals surface area contributed by atoms with Gasteiger partial charge >= 0.3 is 0 Å². The molecule has 1 unspecified atom stereocenters. The zero-order chi connectivity index (χ0) is 15.2. The lowest BCUT2D eigenvalue weighted by atomic mass is 10.1. The van der Waals surface area contributed by atoms with E-state index in [1.807, 2.05) is 36.6 Å². The zero-order valence-corrected chi connectivity index (χ0v) is 13.9. The third-order valence-electron chi connectivity index (χ3n) is 3.04. The Labute approximate surface area is 136 Å². The van der Waals surface area contributed by atoms with Crippen molar-refractivity contribution in [1.82, 2.24) is 5.32 Å². The molecule has 21 heavy (non-hydrogen) atoms. The highest BCUT2D eigenvalue weighted by Crippen LogP contribution is 2.19. The third kappa shape index (κ3) is 4.59. The van der Waals surface area contributed by atoms with Crippen molar-refractivity contribution in [3.63, 3.8) is 0 Å². The maximum absolute atomic E-state index is 12.0. The summed E-state index contributed by atoms with van der Waals surface area (Å²) in [5.74, 6) is -0.198. The van der Waals surface area contributed by atoms with E-state index < -0.39 is 6.10 Å². The molecule has 110 valence electrons. The van der Waals surface area contributed by atoms with E-state index in [0.29, 0.717) is 5.56 Å². The fourth-order valence-electron chi connectivity index (χ4n) is 1.87. The van der Waals surface area contributed by atoms with Crippen LogP contribution in [0.25, 0.3) is 0 Å². The molecule has 0 aliphatic rings. The summed E-state index contributed by atoms with van der Waals surface area (Å²) in [7, 11) is 0. The van der Waals surface area contributed by atoms with Gasteiger partial charge in [-0.1, -0.05) is 34.1 Å². The van der Waals surface area contributed by atoms with Gasteiger partial charge in [0, 0.05) is 21.5 Å². The van der Waals surface area contributed by atoms with Crippen molar-refractivity contribution in [2.24, 2.45) is 0 Å². The first-order valence-electron chi connectivity index (χ1n) is 6.46. The number of aliphatic hydroxyl groups is 1. The van der Waals surface area contributed by atoms with Crippen LogP contribution in [0.3, 0.4) is 0 Å². The minimum absolute atomic E-state index is 0.184. The van der Waals surface area contributed by atoms with Crippen molar-refractivity contribution in [3.8, 4) is 0 Å². The Morgan fingerprint density at radius 3 is 2.62 bits per heavy atom. The van der Waals surface area contributed by atoms with Gasteiger partial charge in [-0.05, 0) is 42.2 Å². The minimum Gasteiger partial charge on any atom is -0.387 e. The first-order valence-corrected chi connectivity index (χ1v) is 8.47. The van der Waals surface area contributed by atoms with Gasteiger partial charge in [-0.2, -0.15) is 0 Å². The van der Waals surface area contributed by atoms with Crippen LogP contribution < -0.4 is 5.32 Å². The maximum atomic E-state index is 12.0. The number of benzene rings is 2. The Balaban J connectivity index is 1.93. The summed E-state index contributed by atoms with van der Waals surface area (Å²) in [6.45, 7) is 0.184. The summed E-state index contributed by atoms with van der Waals surface area (Å²) >= 11 is 4.98. The number of amides is 1. The first-order chi connectivity index (χ1) is 10.1. The highest BCUT2D eigenvalue weighted by atomic mass is 79.9. The van der Waals surface area contributed by atoms with Gasteiger partial charge in [0.05, 0.1) is 6.10 Å². The van der Waals surface area contributed by atoms with Gasteiger partial charge in [0.15, 0.2) is 0 Å². The molecule has 0 heterocycles. The molecule has 0 saturated carbocycles. The van der Waals surface area contributed by atoms with E-state index in [9.17, 15) is 9.90 Å². The lowest BCUT2D eigenvalue weighted by molar-refractivity contribution is 0.0916. The number of hydrogen-bond donors (Lipinski definition) is 2. The highest BCUT2D eigenvalue weighted by Gasteiger charge is 2.11. The normalized spacial score (nSPS) is 12.0. The zero-order valence-electron chi connectivity index (χ0n) is 11.5. The lowest BCUT2D eigenvalue weighted by Gasteiger charge is -2.13. The van der Waals surface area contributed by atoms with E-state index in [4.69, 9.17) is 0 Å². The van der Waals surface area contributed by atoms with Gasteiger partial charge in [-0.3, -0.25) is 4.79 Å². The lowest BCUT2D eigenvalue weighted by Crippen LogP contribution is -2.28. The van der Waals surface area contributed by atoms with Gasteiger partial charge in [-0.25, -0.2) is 0 Å². The van der Waals surface area contributed by atoms with Crippen LogP contribution in [0.5, 0.6) is 0 Å². The van der Waals surface area contributed by atoms with Crippen LogP contribution in [-0.4, -0.2) is 23.8 Å². The second kappa shape index (κ2) is 7.64. The molecule has 0 bridgehead atoms.